The SMILES string of the molecule is CCCNC1CCCCC1N(C)C(C)(C)CC. The zero-order chi connectivity index (χ0) is 12.9. The summed E-state index contributed by atoms with van der Waals surface area (Å²) in [4.78, 5) is 2.62. The van der Waals surface area contributed by atoms with E-state index in [1.54, 1.807) is 0 Å². The number of hydrogen-bond donors (Lipinski definition) is 1. The molecule has 1 N–H and O–H groups in total. The van der Waals surface area contributed by atoms with Gasteiger partial charge >= 0.3 is 0 Å². The molecule has 1 fully saturated rings. The van der Waals surface area contributed by atoms with Gasteiger partial charge < -0.3 is 5.32 Å². The highest BCUT2D eigenvalue weighted by Crippen LogP contribution is 2.28. The molecule has 0 aromatic rings. The van der Waals surface area contributed by atoms with Gasteiger partial charge in [0.15, 0.2) is 0 Å². The normalized spacial score (nSPS) is 26.5. The van der Waals surface area contributed by atoms with E-state index in [0.717, 1.165) is 6.04 Å². The molecule has 0 spiro atoms. The monoisotopic (exact) mass is 240 g/mol. The van der Waals surface area contributed by atoms with Crippen LogP contribution in [0.5, 0.6) is 0 Å². The molecular weight excluding hydrogens is 208 g/mol. The number of nitrogens with zero attached hydrogens (tertiary/aromatic N) is 1. The third-order valence-electron chi connectivity index (χ3n) is 4.70. The average molecular weight is 240 g/mol. The molecule has 1 saturated carbocycles. The van der Waals surface area contributed by atoms with Gasteiger partial charge in [-0.25, -0.2) is 0 Å². The number of likely N-dealkylation sites (N-methyl/N-ethyl adjacent to an activating group) is 1. The van der Waals surface area contributed by atoms with Crippen LogP contribution in [-0.4, -0.2) is 36.1 Å². The van der Waals surface area contributed by atoms with E-state index >= 15 is 0 Å². The summed E-state index contributed by atoms with van der Waals surface area (Å²) in [5, 5.41) is 3.76. The zero-order valence-electron chi connectivity index (χ0n) is 12.6. The van der Waals surface area contributed by atoms with Crippen LogP contribution < -0.4 is 5.32 Å². The number of hydrogen-bond acceptors (Lipinski definition) is 2. The Kier molecular flexibility index (Phi) is 5.94. The van der Waals surface area contributed by atoms with Crippen molar-refractivity contribution in [1.29, 1.82) is 0 Å². The highest BCUT2D eigenvalue weighted by molar-refractivity contribution is 4.92. The largest absolute Gasteiger partial charge is 0.312 e. The lowest BCUT2D eigenvalue weighted by Crippen LogP contribution is -2.56. The van der Waals surface area contributed by atoms with Crippen LogP contribution in [0.3, 0.4) is 0 Å². The van der Waals surface area contributed by atoms with Gasteiger partial charge in [-0.2, -0.15) is 0 Å². The molecule has 0 heterocycles. The van der Waals surface area contributed by atoms with E-state index in [1.165, 1.54) is 45.1 Å². The number of nitrogens with one attached hydrogen (secondary N) is 1. The van der Waals surface area contributed by atoms with Crippen molar-refractivity contribution in [2.24, 2.45) is 0 Å². The standard InChI is InChI=1S/C15H32N2/c1-6-12-16-13-10-8-9-11-14(13)17(5)15(3,4)7-2/h13-14,16H,6-12H2,1-5H3. The second-order valence-corrected chi connectivity index (χ2v) is 6.19. The molecule has 0 amide bonds. The van der Waals surface area contributed by atoms with Gasteiger partial charge in [-0.3, -0.25) is 4.90 Å². The van der Waals surface area contributed by atoms with Gasteiger partial charge in [0.05, 0.1) is 0 Å². The lowest BCUT2D eigenvalue weighted by atomic mass is 9.86. The summed E-state index contributed by atoms with van der Waals surface area (Å²) in [7, 11) is 2.32. The molecule has 102 valence electrons. The Labute approximate surface area is 108 Å². The predicted molar refractivity (Wildman–Crippen MR) is 76.5 cm³/mol. The Balaban J connectivity index is 2.63. The third-order valence-corrected chi connectivity index (χ3v) is 4.70. The molecule has 0 radical (unpaired) electrons. The molecule has 17 heavy (non-hydrogen) atoms. The van der Waals surface area contributed by atoms with Crippen molar-refractivity contribution in [2.45, 2.75) is 83.8 Å². The lowest BCUT2D eigenvalue weighted by Gasteiger charge is -2.46. The maximum Gasteiger partial charge on any atom is 0.0251 e. The molecule has 0 aromatic heterocycles. The molecule has 0 aliphatic heterocycles. The van der Waals surface area contributed by atoms with Crippen LogP contribution in [0.15, 0.2) is 0 Å². The quantitative estimate of drug-likeness (QED) is 0.765. The minimum absolute atomic E-state index is 0.328. The molecule has 2 unspecified atom stereocenters. The second-order valence-electron chi connectivity index (χ2n) is 6.19. The molecule has 0 bridgehead atoms. The van der Waals surface area contributed by atoms with Crippen LogP contribution in [0.1, 0.15) is 66.2 Å². The van der Waals surface area contributed by atoms with Crippen LogP contribution in [-0.2, 0) is 0 Å². The number of rotatable bonds is 6. The van der Waals surface area contributed by atoms with E-state index in [0.29, 0.717) is 11.6 Å². The third kappa shape index (κ3) is 3.96. The Morgan fingerprint density at radius 1 is 1.18 bits per heavy atom. The van der Waals surface area contributed by atoms with Crippen LogP contribution in [0.2, 0.25) is 0 Å². The van der Waals surface area contributed by atoms with Gasteiger partial charge in [0.1, 0.15) is 0 Å². The first kappa shape index (κ1) is 15.0. The van der Waals surface area contributed by atoms with Gasteiger partial charge in [0.25, 0.3) is 0 Å². The van der Waals surface area contributed by atoms with Crippen molar-refractivity contribution in [3.8, 4) is 0 Å². The first-order valence-electron chi connectivity index (χ1n) is 7.49. The molecule has 1 aliphatic carbocycles. The molecule has 0 aromatic carbocycles. The van der Waals surface area contributed by atoms with Crippen LogP contribution >= 0.6 is 0 Å². The minimum atomic E-state index is 0.328. The first-order valence-corrected chi connectivity index (χ1v) is 7.49. The van der Waals surface area contributed by atoms with Crippen molar-refractivity contribution in [2.75, 3.05) is 13.6 Å². The van der Waals surface area contributed by atoms with Crippen LogP contribution in [0.4, 0.5) is 0 Å². The maximum atomic E-state index is 3.76. The maximum absolute atomic E-state index is 3.76. The zero-order valence-corrected chi connectivity index (χ0v) is 12.6. The molecule has 2 heteroatoms. The molecule has 2 atom stereocenters. The van der Waals surface area contributed by atoms with Crippen molar-refractivity contribution < 1.29 is 0 Å². The van der Waals surface area contributed by atoms with Crippen LogP contribution in [0, 0.1) is 0 Å². The van der Waals surface area contributed by atoms with Crippen molar-refractivity contribution >= 4 is 0 Å². The van der Waals surface area contributed by atoms with E-state index in [2.05, 4.69) is 45.0 Å². The summed E-state index contributed by atoms with van der Waals surface area (Å²) in [6, 6.07) is 1.43. The van der Waals surface area contributed by atoms with E-state index in [4.69, 9.17) is 0 Å². The smallest absolute Gasteiger partial charge is 0.0251 e. The van der Waals surface area contributed by atoms with E-state index in [9.17, 15) is 0 Å². The highest BCUT2D eigenvalue weighted by Gasteiger charge is 2.34. The van der Waals surface area contributed by atoms with E-state index < -0.39 is 0 Å². The molecular formula is C15H32N2. The first-order chi connectivity index (χ1) is 8.03. The molecule has 0 saturated heterocycles. The van der Waals surface area contributed by atoms with Crippen molar-refractivity contribution in [3.63, 3.8) is 0 Å². The highest BCUT2D eigenvalue weighted by atomic mass is 15.2. The van der Waals surface area contributed by atoms with Gasteiger partial charge in [0.2, 0.25) is 0 Å². The van der Waals surface area contributed by atoms with Crippen molar-refractivity contribution in [3.05, 3.63) is 0 Å². The fourth-order valence-electron chi connectivity index (χ4n) is 2.84. The summed E-state index contributed by atoms with van der Waals surface area (Å²) < 4.78 is 0. The average Bonchev–Trinajstić information content (AvgIpc) is 2.35. The lowest BCUT2D eigenvalue weighted by molar-refractivity contribution is 0.0540. The Morgan fingerprint density at radius 3 is 2.41 bits per heavy atom. The predicted octanol–water partition coefficient (Wildman–Crippen LogP) is 3.42. The van der Waals surface area contributed by atoms with E-state index in [-0.39, 0.29) is 0 Å². The minimum Gasteiger partial charge on any atom is -0.312 e. The Morgan fingerprint density at radius 2 is 1.82 bits per heavy atom. The molecule has 2 nitrogen and oxygen atoms in total. The van der Waals surface area contributed by atoms with Gasteiger partial charge in [-0.1, -0.05) is 26.7 Å². The van der Waals surface area contributed by atoms with E-state index in [1.807, 2.05) is 0 Å². The van der Waals surface area contributed by atoms with Gasteiger partial charge in [-0.05, 0) is 53.1 Å². The summed E-state index contributed by atoms with van der Waals surface area (Å²) in [6.45, 7) is 10.5. The fourth-order valence-corrected chi connectivity index (χ4v) is 2.84. The second kappa shape index (κ2) is 6.75. The summed E-state index contributed by atoms with van der Waals surface area (Å²) in [6.07, 6.45) is 7.98. The topological polar surface area (TPSA) is 15.3 Å². The Bertz CT molecular complexity index is 213. The van der Waals surface area contributed by atoms with Crippen LogP contribution in [0.25, 0.3) is 0 Å². The summed E-state index contributed by atoms with van der Waals surface area (Å²) in [5.74, 6) is 0. The van der Waals surface area contributed by atoms with Gasteiger partial charge in [0, 0.05) is 17.6 Å². The fraction of sp³-hybridized carbons (Fsp3) is 1.00. The van der Waals surface area contributed by atoms with Gasteiger partial charge in [-0.15, -0.1) is 0 Å². The Hall–Kier alpha value is -0.0800. The molecule has 1 aliphatic rings. The summed E-state index contributed by atoms with van der Waals surface area (Å²) in [5.41, 5.74) is 0.328. The summed E-state index contributed by atoms with van der Waals surface area (Å²) >= 11 is 0. The molecule has 1 rings (SSSR count). The van der Waals surface area contributed by atoms with Crippen molar-refractivity contribution in [1.82, 2.24) is 10.2 Å².